The molecule has 20 heavy (non-hydrogen) atoms. The lowest BCUT2D eigenvalue weighted by Gasteiger charge is -2.20. The molecule has 1 unspecified atom stereocenters. The first kappa shape index (κ1) is 15.7. The second kappa shape index (κ2) is 7.33. The number of carboxylic acid groups (broad SMARTS) is 1. The molecule has 0 aliphatic heterocycles. The molecule has 1 atom stereocenters. The van der Waals surface area contributed by atoms with Crippen molar-refractivity contribution in [3.05, 3.63) is 33.8 Å². The van der Waals surface area contributed by atoms with E-state index < -0.39 is 11.9 Å². The molecule has 0 heterocycles. The average molecular weight is 315 g/mol. The minimum absolute atomic E-state index is 0.427. The van der Waals surface area contributed by atoms with Crippen LogP contribution < -0.4 is 0 Å². The fourth-order valence-electron chi connectivity index (χ4n) is 3.04. The second-order valence-electron chi connectivity index (χ2n) is 5.66. The van der Waals surface area contributed by atoms with Crippen molar-refractivity contribution in [2.24, 2.45) is 5.92 Å². The Hall–Kier alpha value is -0.730. The van der Waals surface area contributed by atoms with Gasteiger partial charge in [-0.15, -0.1) is 0 Å². The maximum atomic E-state index is 11.6. The highest BCUT2D eigenvalue weighted by Gasteiger charge is 2.25. The normalized spacial score (nSPS) is 18.5. The summed E-state index contributed by atoms with van der Waals surface area (Å²) in [5.41, 5.74) is 0.760. The summed E-state index contributed by atoms with van der Waals surface area (Å²) >= 11 is 11.9. The Labute approximate surface area is 130 Å². The first-order valence-electron chi connectivity index (χ1n) is 7.25. The zero-order valence-electron chi connectivity index (χ0n) is 11.4. The Morgan fingerprint density at radius 1 is 1.15 bits per heavy atom. The van der Waals surface area contributed by atoms with Crippen LogP contribution in [-0.4, -0.2) is 11.1 Å². The van der Waals surface area contributed by atoms with Crippen molar-refractivity contribution in [3.8, 4) is 0 Å². The molecule has 0 radical (unpaired) electrons. The fourth-order valence-corrected chi connectivity index (χ4v) is 3.35. The molecule has 0 aromatic heterocycles. The van der Waals surface area contributed by atoms with E-state index in [-0.39, 0.29) is 0 Å². The molecule has 2 rings (SSSR count). The molecule has 1 aliphatic rings. The van der Waals surface area contributed by atoms with Gasteiger partial charge in [-0.05, 0) is 30.0 Å². The molecule has 1 aliphatic carbocycles. The minimum Gasteiger partial charge on any atom is -0.481 e. The van der Waals surface area contributed by atoms with Crippen molar-refractivity contribution in [1.29, 1.82) is 0 Å². The Bertz CT molecular complexity index is 466. The van der Waals surface area contributed by atoms with Gasteiger partial charge in [0.2, 0.25) is 0 Å². The summed E-state index contributed by atoms with van der Waals surface area (Å²) in [4.78, 5) is 11.6. The van der Waals surface area contributed by atoms with Gasteiger partial charge in [-0.25, -0.2) is 0 Å². The molecule has 1 aromatic rings. The van der Waals surface area contributed by atoms with Crippen LogP contribution in [-0.2, 0) is 4.79 Å². The Kier molecular flexibility index (Phi) is 5.74. The van der Waals surface area contributed by atoms with E-state index >= 15 is 0 Å². The van der Waals surface area contributed by atoms with Gasteiger partial charge in [0.1, 0.15) is 0 Å². The topological polar surface area (TPSA) is 37.3 Å². The molecule has 0 saturated heterocycles. The lowest BCUT2D eigenvalue weighted by Crippen LogP contribution is -2.16. The van der Waals surface area contributed by atoms with Crippen molar-refractivity contribution in [2.75, 3.05) is 0 Å². The van der Waals surface area contributed by atoms with Crippen LogP contribution in [0.3, 0.4) is 0 Å². The van der Waals surface area contributed by atoms with Gasteiger partial charge in [-0.1, -0.05) is 67.8 Å². The number of carboxylic acids is 1. The molecule has 1 fully saturated rings. The van der Waals surface area contributed by atoms with E-state index in [4.69, 9.17) is 23.2 Å². The van der Waals surface area contributed by atoms with Gasteiger partial charge in [-0.2, -0.15) is 0 Å². The Morgan fingerprint density at radius 2 is 1.80 bits per heavy atom. The van der Waals surface area contributed by atoms with Crippen LogP contribution >= 0.6 is 23.2 Å². The van der Waals surface area contributed by atoms with E-state index in [9.17, 15) is 9.90 Å². The first-order valence-corrected chi connectivity index (χ1v) is 8.01. The summed E-state index contributed by atoms with van der Waals surface area (Å²) in [6.45, 7) is 0. The van der Waals surface area contributed by atoms with E-state index in [1.54, 1.807) is 18.2 Å². The molecule has 1 saturated carbocycles. The van der Waals surface area contributed by atoms with E-state index in [1.807, 2.05) is 0 Å². The molecule has 1 N–H and O–H groups in total. The zero-order chi connectivity index (χ0) is 14.5. The summed E-state index contributed by atoms with van der Waals surface area (Å²) in [6.07, 6.45) is 7.99. The van der Waals surface area contributed by atoms with Gasteiger partial charge < -0.3 is 5.11 Å². The van der Waals surface area contributed by atoms with Gasteiger partial charge >= 0.3 is 5.97 Å². The zero-order valence-corrected chi connectivity index (χ0v) is 13.0. The smallest absolute Gasteiger partial charge is 0.310 e. The SMILES string of the molecule is O=C(O)C(CC1CCCCCC1)c1ccc(Cl)c(Cl)c1. The molecular weight excluding hydrogens is 295 g/mol. The predicted molar refractivity (Wildman–Crippen MR) is 82.6 cm³/mol. The van der Waals surface area contributed by atoms with Crippen molar-refractivity contribution < 1.29 is 9.90 Å². The van der Waals surface area contributed by atoms with Crippen LogP contribution in [0, 0.1) is 5.92 Å². The highest BCUT2D eigenvalue weighted by Crippen LogP contribution is 2.34. The second-order valence-corrected chi connectivity index (χ2v) is 6.47. The van der Waals surface area contributed by atoms with Crippen molar-refractivity contribution in [2.45, 2.75) is 50.9 Å². The Balaban J connectivity index is 2.13. The monoisotopic (exact) mass is 314 g/mol. The summed E-state index contributed by atoms with van der Waals surface area (Å²) in [7, 11) is 0. The molecule has 0 spiro atoms. The maximum Gasteiger partial charge on any atom is 0.310 e. The van der Waals surface area contributed by atoms with E-state index in [1.165, 1.54) is 25.7 Å². The van der Waals surface area contributed by atoms with Crippen molar-refractivity contribution in [1.82, 2.24) is 0 Å². The predicted octanol–water partition coefficient (Wildman–Crippen LogP) is 5.52. The van der Waals surface area contributed by atoms with Crippen LogP contribution in [0.1, 0.15) is 56.4 Å². The highest BCUT2D eigenvalue weighted by molar-refractivity contribution is 6.42. The summed E-state index contributed by atoms with van der Waals surface area (Å²) in [6, 6.07) is 5.16. The summed E-state index contributed by atoms with van der Waals surface area (Å²) < 4.78 is 0. The van der Waals surface area contributed by atoms with Crippen LogP contribution in [0.5, 0.6) is 0 Å². The average Bonchev–Trinajstić information content (AvgIpc) is 2.67. The van der Waals surface area contributed by atoms with Gasteiger partial charge in [0.15, 0.2) is 0 Å². The van der Waals surface area contributed by atoms with Crippen molar-refractivity contribution in [3.63, 3.8) is 0 Å². The molecule has 110 valence electrons. The van der Waals surface area contributed by atoms with Gasteiger partial charge in [0.05, 0.1) is 16.0 Å². The van der Waals surface area contributed by atoms with Crippen LogP contribution in [0.2, 0.25) is 10.0 Å². The fraction of sp³-hybridized carbons (Fsp3) is 0.562. The van der Waals surface area contributed by atoms with Crippen LogP contribution in [0.4, 0.5) is 0 Å². The van der Waals surface area contributed by atoms with E-state index in [0.29, 0.717) is 22.4 Å². The third kappa shape index (κ3) is 4.13. The highest BCUT2D eigenvalue weighted by atomic mass is 35.5. The molecule has 2 nitrogen and oxygen atoms in total. The maximum absolute atomic E-state index is 11.6. The molecule has 1 aromatic carbocycles. The number of benzene rings is 1. The van der Waals surface area contributed by atoms with E-state index in [0.717, 1.165) is 18.4 Å². The number of hydrogen-bond acceptors (Lipinski definition) is 1. The minimum atomic E-state index is -0.771. The summed E-state index contributed by atoms with van der Waals surface area (Å²) in [5, 5.41) is 10.4. The molecule has 0 bridgehead atoms. The third-order valence-electron chi connectivity index (χ3n) is 4.19. The van der Waals surface area contributed by atoms with Gasteiger partial charge in [0.25, 0.3) is 0 Å². The molecule has 0 amide bonds. The van der Waals surface area contributed by atoms with E-state index in [2.05, 4.69) is 0 Å². The van der Waals surface area contributed by atoms with Gasteiger partial charge in [-0.3, -0.25) is 4.79 Å². The largest absolute Gasteiger partial charge is 0.481 e. The van der Waals surface area contributed by atoms with Crippen LogP contribution in [0.15, 0.2) is 18.2 Å². The lowest BCUT2D eigenvalue weighted by molar-refractivity contribution is -0.139. The molecule has 4 heteroatoms. The van der Waals surface area contributed by atoms with Gasteiger partial charge in [0, 0.05) is 0 Å². The first-order chi connectivity index (χ1) is 9.58. The number of aliphatic carboxylic acids is 1. The lowest BCUT2D eigenvalue weighted by atomic mass is 9.85. The third-order valence-corrected chi connectivity index (χ3v) is 4.93. The molecular formula is C16H20Cl2O2. The number of carbonyl (C=O) groups is 1. The standard InChI is InChI=1S/C16H20Cl2O2/c17-14-8-7-12(10-15(14)18)13(16(19)20)9-11-5-3-1-2-4-6-11/h7-8,10-11,13H,1-6,9H2,(H,19,20). The number of rotatable bonds is 4. The van der Waals surface area contributed by atoms with Crippen LogP contribution in [0.25, 0.3) is 0 Å². The Morgan fingerprint density at radius 3 is 2.35 bits per heavy atom. The quantitative estimate of drug-likeness (QED) is 0.743. The van der Waals surface area contributed by atoms with Crippen molar-refractivity contribution >= 4 is 29.2 Å². The number of halogens is 2. The summed E-state index contributed by atoms with van der Waals surface area (Å²) in [5.74, 6) is -0.742. The number of hydrogen-bond donors (Lipinski definition) is 1.